The smallest absolute Gasteiger partial charge is 0.337 e. The number of ether oxygens (including phenoxy) is 1. The number of anilines is 1. The number of sulfonamides is 1. The molecule has 2 rings (SSSR count). The molecule has 2 aromatic carbocycles. The fourth-order valence-corrected chi connectivity index (χ4v) is 3.38. The molecule has 1 amide bonds. The number of carbonyl (C=O) groups excluding carboxylic acids is 2. The summed E-state index contributed by atoms with van der Waals surface area (Å²) in [7, 11) is -2.21. The first-order chi connectivity index (χ1) is 13.4. The van der Waals surface area contributed by atoms with Crippen LogP contribution in [0.15, 0.2) is 59.5 Å². The van der Waals surface area contributed by atoms with Crippen molar-refractivity contribution in [2.75, 3.05) is 19.0 Å². The second-order valence-corrected chi connectivity index (χ2v) is 7.63. The molecule has 7 nitrogen and oxygen atoms in total. The lowest BCUT2D eigenvalue weighted by molar-refractivity contribution is -0.111. The van der Waals surface area contributed by atoms with E-state index in [1.54, 1.807) is 42.5 Å². The van der Waals surface area contributed by atoms with Crippen molar-refractivity contribution in [3.63, 3.8) is 0 Å². The van der Waals surface area contributed by atoms with Crippen molar-refractivity contribution in [2.45, 2.75) is 18.2 Å². The molecule has 148 valence electrons. The average Bonchev–Trinajstić information content (AvgIpc) is 2.71. The van der Waals surface area contributed by atoms with Crippen LogP contribution >= 0.6 is 0 Å². The van der Waals surface area contributed by atoms with Gasteiger partial charge in [0.1, 0.15) is 0 Å². The highest BCUT2D eigenvalue weighted by Crippen LogP contribution is 2.13. The molecule has 0 radical (unpaired) electrons. The van der Waals surface area contributed by atoms with Crippen LogP contribution in [0.25, 0.3) is 6.08 Å². The van der Waals surface area contributed by atoms with Crippen LogP contribution in [0.2, 0.25) is 0 Å². The van der Waals surface area contributed by atoms with Crippen LogP contribution in [0.4, 0.5) is 5.69 Å². The molecule has 0 saturated carbocycles. The van der Waals surface area contributed by atoms with Crippen LogP contribution in [0.1, 0.15) is 29.3 Å². The summed E-state index contributed by atoms with van der Waals surface area (Å²) in [6.07, 6.45) is 3.63. The minimum absolute atomic E-state index is 0.174. The third kappa shape index (κ3) is 6.04. The van der Waals surface area contributed by atoms with Gasteiger partial charge in [0.15, 0.2) is 0 Å². The molecule has 8 heteroatoms. The van der Waals surface area contributed by atoms with E-state index in [2.05, 4.69) is 14.8 Å². The van der Waals surface area contributed by atoms with Crippen molar-refractivity contribution in [2.24, 2.45) is 0 Å². The summed E-state index contributed by atoms with van der Waals surface area (Å²) in [5.74, 6) is -0.805. The van der Waals surface area contributed by atoms with Gasteiger partial charge in [0.2, 0.25) is 15.9 Å². The first-order valence-corrected chi connectivity index (χ1v) is 10.1. The number of hydrogen-bond acceptors (Lipinski definition) is 5. The van der Waals surface area contributed by atoms with E-state index in [4.69, 9.17) is 0 Å². The highest BCUT2D eigenvalue weighted by atomic mass is 32.2. The van der Waals surface area contributed by atoms with Gasteiger partial charge in [-0.3, -0.25) is 4.79 Å². The monoisotopic (exact) mass is 402 g/mol. The Hall–Kier alpha value is -2.97. The summed E-state index contributed by atoms with van der Waals surface area (Å²) < 4.78 is 31.2. The molecule has 0 atom stereocenters. The highest BCUT2D eigenvalue weighted by molar-refractivity contribution is 7.89. The SMILES string of the molecule is CCCNS(=O)(=O)c1ccc(C=CC(=O)Nc2ccc(C(=O)OC)cc2)cc1. The average molecular weight is 402 g/mol. The van der Waals surface area contributed by atoms with E-state index in [-0.39, 0.29) is 10.8 Å². The fraction of sp³-hybridized carbons (Fsp3) is 0.200. The Kier molecular flexibility index (Phi) is 7.48. The Bertz CT molecular complexity index is 949. The summed E-state index contributed by atoms with van der Waals surface area (Å²) >= 11 is 0. The molecule has 2 N–H and O–H groups in total. The summed E-state index contributed by atoms with van der Waals surface area (Å²) in [6, 6.07) is 12.5. The van der Waals surface area contributed by atoms with E-state index in [0.717, 1.165) is 0 Å². The van der Waals surface area contributed by atoms with Gasteiger partial charge < -0.3 is 10.1 Å². The Morgan fingerprint density at radius 3 is 2.25 bits per heavy atom. The van der Waals surface area contributed by atoms with E-state index >= 15 is 0 Å². The van der Waals surface area contributed by atoms with Gasteiger partial charge in [-0.15, -0.1) is 0 Å². The second kappa shape index (κ2) is 9.82. The van der Waals surface area contributed by atoms with Gasteiger partial charge in [-0.05, 0) is 54.5 Å². The Morgan fingerprint density at radius 2 is 1.68 bits per heavy atom. The number of carbonyl (C=O) groups is 2. The van der Waals surface area contributed by atoms with Crippen LogP contribution in [0, 0.1) is 0 Å². The Balaban J connectivity index is 1.97. The summed E-state index contributed by atoms with van der Waals surface area (Å²) in [5, 5.41) is 2.67. The molecule has 0 unspecified atom stereocenters. The van der Waals surface area contributed by atoms with Crippen molar-refractivity contribution < 1.29 is 22.7 Å². The van der Waals surface area contributed by atoms with Crippen LogP contribution in [-0.4, -0.2) is 33.9 Å². The van der Waals surface area contributed by atoms with E-state index in [9.17, 15) is 18.0 Å². The van der Waals surface area contributed by atoms with Gasteiger partial charge in [0.25, 0.3) is 0 Å². The number of amides is 1. The summed E-state index contributed by atoms with van der Waals surface area (Å²) in [6.45, 7) is 2.26. The molecule has 0 fully saturated rings. The van der Waals surface area contributed by atoms with Crippen LogP contribution in [-0.2, 0) is 19.6 Å². The van der Waals surface area contributed by atoms with Crippen LogP contribution in [0.5, 0.6) is 0 Å². The number of nitrogens with one attached hydrogen (secondary N) is 2. The van der Waals surface area contributed by atoms with Gasteiger partial charge in [0.05, 0.1) is 17.6 Å². The van der Waals surface area contributed by atoms with Gasteiger partial charge >= 0.3 is 5.97 Å². The summed E-state index contributed by atoms with van der Waals surface area (Å²) in [5.41, 5.74) is 1.61. The van der Waals surface area contributed by atoms with Crippen molar-refractivity contribution in [1.82, 2.24) is 4.72 Å². The maximum atomic E-state index is 12.0. The van der Waals surface area contributed by atoms with E-state index in [1.165, 1.54) is 25.3 Å². The predicted octanol–water partition coefficient (Wildman–Crippen LogP) is 2.81. The molecular weight excluding hydrogens is 380 g/mol. The minimum Gasteiger partial charge on any atom is -0.465 e. The molecule has 0 aromatic heterocycles. The summed E-state index contributed by atoms with van der Waals surface area (Å²) in [4.78, 5) is 23.6. The second-order valence-electron chi connectivity index (χ2n) is 5.86. The normalized spacial score (nSPS) is 11.4. The molecule has 0 heterocycles. The topological polar surface area (TPSA) is 102 Å². The lowest BCUT2D eigenvalue weighted by Gasteiger charge is -2.05. The number of esters is 1. The van der Waals surface area contributed by atoms with Gasteiger partial charge in [-0.2, -0.15) is 0 Å². The number of rotatable bonds is 8. The third-order valence-electron chi connectivity index (χ3n) is 3.73. The molecule has 0 aliphatic rings. The molecule has 0 spiro atoms. The lowest BCUT2D eigenvalue weighted by Crippen LogP contribution is -2.24. The molecule has 0 aliphatic carbocycles. The largest absolute Gasteiger partial charge is 0.465 e. The van der Waals surface area contributed by atoms with Gasteiger partial charge in [-0.25, -0.2) is 17.9 Å². The maximum Gasteiger partial charge on any atom is 0.337 e. The lowest BCUT2D eigenvalue weighted by atomic mass is 10.2. The van der Waals surface area contributed by atoms with Crippen molar-refractivity contribution in [1.29, 1.82) is 0 Å². The Labute approximate surface area is 164 Å². The zero-order valence-electron chi connectivity index (χ0n) is 15.6. The highest BCUT2D eigenvalue weighted by Gasteiger charge is 2.12. The zero-order chi connectivity index (χ0) is 20.6. The van der Waals surface area contributed by atoms with Crippen LogP contribution < -0.4 is 10.0 Å². The first kappa shape index (κ1) is 21.3. The molecule has 2 aromatic rings. The number of benzene rings is 2. The van der Waals surface area contributed by atoms with E-state index in [1.807, 2.05) is 6.92 Å². The Morgan fingerprint density at radius 1 is 1.04 bits per heavy atom. The van der Waals surface area contributed by atoms with E-state index in [0.29, 0.717) is 29.8 Å². The van der Waals surface area contributed by atoms with Gasteiger partial charge in [-0.1, -0.05) is 19.1 Å². The minimum atomic E-state index is -3.51. The van der Waals surface area contributed by atoms with Gasteiger partial charge in [0, 0.05) is 18.3 Å². The van der Waals surface area contributed by atoms with Crippen molar-refractivity contribution in [3.8, 4) is 0 Å². The number of methoxy groups -OCH3 is 1. The molecule has 0 saturated heterocycles. The van der Waals surface area contributed by atoms with Crippen molar-refractivity contribution >= 4 is 33.7 Å². The zero-order valence-corrected chi connectivity index (χ0v) is 16.5. The van der Waals surface area contributed by atoms with Crippen LogP contribution in [0.3, 0.4) is 0 Å². The number of hydrogen-bond donors (Lipinski definition) is 2. The fourth-order valence-electron chi connectivity index (χ4n) is 2.24. The van der Waals surface area contributed by atoms with E-state index < -0.39 is 16.0 Å². The predicted molar refractivity (Wildman–Crippen MR) is 107 cm³/mol. The standard InChI is InChI=1S/C20H22N2O5S/c1-3-14-21-28(25,26)18-11-4-15(5-12-18)6-13-19(23)22-17-9-7-16(8-10-17)20(24)27-2/h4-13,21H,3,14H2,1-2H3,(H,22,23). The third-order valence-corrected chi connectivity index (χ3v) is 5.21. The molecular formula is C20H22N2O5S. The maximum absolute atomic E-state index is 12.0. The molecule has 0 bridgehead atoms. The first-order valence-electron chi connectivity index (χ1n) is 8.63. The molecule has 28 heavy (non-hydrogen) atoms. The molecule has 0 aliphatic heterocycles. The van der Waals surface area contributed by atoms with Crippen molar-refractivity contribution in [3.05, 3.63) is 65.7 Å². The quantitative estimate of drug-likeness (QED) is 0.522.